The largest absolute Gasteiger partial charge is 0.325 e. The molecule has 122 valence electrons. The van der Waals surface area contributed by atoms with Crippen LogP contribution in [-0.4, -0.2) is 43.0 Å². The van der Waals surface area contributed by atoms with Gasteiger partial charge < -0.3 is 10.6 Å². The maximum absolute atomic E-state index is 12.4. The van der Waals surface area contributed by atoms with Crippen molar-refractivity contribution in [3.8, 4) is 0 Å². The van der Waals surface area contributed by atoms with Crippen molar-refractivity contribution in [2.24, 2.45) is 0 Å². The monoisotopic (exact) mass is 303 g/mol. The number of aryl methyl sites for hydroxylation is 2. The molecule has 1 fully saturated rings. The Morgan fingerprint density at radius 2 is 2.05 bits per heavy atom. The van der Waals surface area contributed by atoms with Crippen LogP contribution in [0.2, 0.25) is 0 Å². The van der Waals surface area contributed by atoms with Gasteiger partial charge >= 0.3 is 0 Å². The summed E-state index contributed by atoms with van der Waals surface area (Å²) < 4.78 is 0. The summed E-state index contributed by atoms with van der Waals surface area (Å²) in [6, 6.07) is 6.67. The van der Waals surface area contributed by atoms with Gasteiger partial charge in [-0.1, -0.05) is 24.6 Å². The normalized spacial score (nSPS) is 16.0. The molecule has 0 atom stereocenters. The minimum absolute atomic E-state index is 0.0962. The van der Waals surface area contributed by atoms with Crippen molar-refractivity contribution in [1.82, 2.24) is 10.2 Å². The first-order valence-corrected chi connectivity index (χ1v) is 8.42. The van der Waals surface area contributed by atoms with Gasteiger partial charge in [0.2, 0.25) is 5.91 Å². The number of amides is 1. The first kappa shape index (κ1) is 17.0. The lowest BCUT2D eigenvalue weighted by molar-refractivity contribution is -0.118. The van der Waals surface area contributed by atoms with Crippen LogP contribution in [0.15, 0.2) is 18.2 Å². The zero-order valence-electron chi connectivity index (χ0n) is 14.1. The summed E-state index contributed by atoms with van der Waals surface area (Å²) in [5.74, 6) is 0.0962. The Morgan fingerprint density at radius 1 is 1.32 bits per heavy atom. The zero-order valence-corrected chi connectivity index (χ0v) is 14.1. The molecule has 1 aliphatic rings. The zero-order chi connectivity index (χ0) is 15.9. The molecular formula is C18H29N3O. The Labute approximate surface area is 134 Å². The fourth-order valence-electron chi connectivity index (χ4n) is 3.18. The minimum Gasteiger partial charge on any atom is -0.325 e. The molecule has 0 aliphatic carbocycles. The summed E-state index contributed by atoms with van der Waals surface area (Å²) in [7, 11) is 0. The third kappa shape index (κ3) is 4.82. The molecule has 1 amide bonds. The predicted octanol–water partition coefficient (Wildman–Crippen LogP) is 2.71. The molecule has 0 aromatic heterocycles. The fraction of sp³-hybridized carbons (Fsp3) is 0.611. The highest BCUT2D eigenvalue weighted by atomic mass is 16.2. The number of piperidine rings is 1. The average Bonchev–Trinajstić information content (AvgIpc) is 2.50. The SMILES string of the molecule is CCCN(CC(=O)Nc1ccc(C)cc1C)C1CCNCC1. The Hall–Kier alpha value is -1.39. The number of hydrogen-bond acceptors (Lipinski definition) is 3. The second kappa shape index (κ2) is 8.30. The number of benzene rings is 1. The summed E-state index contributed by atoms with van der Waals surface area (Å²) in [4.78, 5) is 14.8. The first-order valence-electron chi connectivity index (χ1n) is 8.42. The van der Waals surface area contributed by atoms with Gasteiger partial charge in [-0.2, -0.15) is 0 Å². The maximum atomic E-state index is 12.4. The van der Waals surface area contributed by atoms with Crippen LogP contribution < -0.4 is 10.6 Å². The van der Waals surface area contributed by atoms with Crippen LogP contribution in [0.3, 0.4) is 0 Å². The number of hydrogen-bond donors (Lipinski definition) is 2. The molecule has 0 radical (unpaired) electrons. The van der Waals surface area contributed by atoms with Crippen molar-refractivity contribution < 1.29 is 4.79 Å². The number of nitrogens with one attached hydrogen (secondary N) is 2. The molecular weight excluding hydrogens is 274 g/mol. The average molecular weight is 303 g/mol. The molecule has 2 rings (SSSR count). The summed E-state index contributed by atoms with van der Waals surface area (Å²) >= 11 is 0. The van der Waals surface area contributed by atoms with Crippen LogP contribution in [0.25, 0.3) is 0 Å². The Bertz CT molecular complexity index is 495. The molecule has 0 unspecified atom stereocenters. The van der Waals surface area contributed by atoms with Crippen LogP contribution in [0, 0.1) is 13.8 Å². The van der Waals surface area contributed by atoms with E-state index in [0.29, 0.717) is 12.6 Å². The molecule has 1 aliphatic heterocycles. The van der Waals surface area contributed by atoms with E-state index in [4.69, 9.17) is 0 Å². The molecule has 0 bridgehead atoms. The van der Waals surface area contributed by atoms with E-state index in [-0.39, 0.29) is 5.91 Å². The van der Waals surface area contributed by atoms with Gasteiger partial charge in [-0.15, -0.1) is 0 Å². The Morgan fingerprint density at radius 3 is 2.68 bits per heavy atom. The lowest BCUT2D eigenvalue weighted by atomic mass is 10.0. The number of anilines is 1. The highest BCUT2D eigenvalue weighted by molar-refractivity contribution is 5.93. The van der Waals surface area contributed by atoms with Crippen molar-refractivity contribution in [3.05, 3.63) is 29.3 Å². The minimum atomic E-state index is 0.0962. The van der Waals surface area contributed by atoms with Gasteiger partial charge in [0.05, 0.1) is 6.54 Å². The van der Waals surface area contributed by atoms with E-state index in [1.165, 1.54) is 5.56 Å². The van der Waals surface area contributed by atoms with Gasteiger partial charge in [0, 0.05) is 11.7 Å². The van der Waals surface area contributed by atoms with Crippen LogP contribution in [0.5, 0.6) is 0 Å². The molecule has 2 N–H and O–H groups in total. The van der Waals surface area contributed by atoms with Gasteiger partial charge in [0.15, 0.2) is 0 Å². The van der Waals surface area contributed by atoms with Gasteiger partial charge in [-0.3, -0.25) is 9.69 Å². The van der Waals surface area contributed by atoms with Crippen LogP contribution in [0.4, 0.5) is 5.69 Å². The standard InChI is InChI=1S/C18H29N3O/c1-4-11-21(16-7-9-19-10-8-16)13-18(22)20-17-6-5-14(2)12-15(17)3/h5-6,12,16,19H,4,7-11,13H2,1-3H3,(H,20,22). The smallest absolute Gasteiger partial charge is 0.238 e. The molecule has 22 heavy (non-hydrogen) atoms. The lowest BCUT2D eigenvalue weighted by Crippen LogP contribution is -2.46. The molecule has 1 heterocycles. The van der Waals surface area contributed by atoms with Crippen LogP contribution in [0.1, 0.15) is 37.3 Å². The number of rotatable bonds is 6. The molecule has 1 aromatic rings. The van der Waals surface area contributed by atoms with Gasteiger partial charge in [-0.25, -0.2) is 0 Å². The number of carbonyl (C=O) groups excluding carboxylic acids is 1. The lowest BCUT2D eigenvalue weighted by Gasteiger charge is -2.34. The number of nitrogens with zero attached hydrogens (tertiary/aromatic N) is 1. The number of carbonyl (C=O) groups is 1. The third-order valence-corrected chi connectivity index (χ3v) is 4.34. The summed E-state index contributed by atoms with van der Waals surface area (Å²) in [5.41, 5.74) is 3.27. The molecule has 4 heteroatoms. The quantitative estimate of drug-likeness (QED) is 0.849. The van der Waals surface area contributed by atoms with Crippen molar-refractivity contribution in [3.63, 3.8) is 0 Å². The molecule has 1 aromatic carbocycles. The third-order valence-electron chi connectivity index (χ3n) is 4.34. The Balaban J connectivity index is 1.95. The molecule has 0 spiro atoms. The van der Waals surface area contributed by atoms with Crippen molar-refractivity contribution in [2.45, 2.75) is 46.1 Å². The first-order chi connectivity index (χ1) is 10.6. The highest BCUT2D eigenvalue weighted by Gasteiger charge is 2.22. The second-order valence-electron chi connectivity index (χ2n) is 6.32. The highest BCUT2D eigenvalue weighted by Crippen LogP contribution is 2.17. The summed E-state index contributed by atoms with van der Waals surface area (Å²) in [6.45, 7) is 9.89. The van der Waals surface area contributed by atoms with Gasteiger partial charge in [-0.05, 0) is 64.4 Å². The van der Waals surface area contributed by atoms with E-state index < -0.39 is 0 Å². The van der Waals surface area contributed by atoms with E-state index in [2.05, 4.69) is 35.4 Å². The van der Waals surface area contributed by atoms with Crippen molar-refractivity contribution in [2.75, 3.05) is 31.5 Å². The summed E-state index contributed by atoms with van der Waals surface area (Å²) in [6.07, 6.45) is 3.36. The Kier molecular flexibility index (Phi) is 6.40. The second-order valence-corrected chi connectivity index (χ2v) is 6.32. The van der Waals surface area contributed by atoms with E-state index >= 15 is 0 Å². The van der Waals surface area contributed by atoms with E-state index in [0.717, 1.165) is 50.1 Å². The van der Waals surface area contributed by atoms with E-state index in [1.54, 1.807) is 0 Å². The van der Waals surface area contributed by atoms with E-state index in [9.17, 15) is 4.79 Å². The van der Waals surface area contributed by atoms with Crippen molar-refractivity contribution in [1.29, 1.82) is 0 Å². The fourth-order valence-corrected chi connectivity index (χ4v) is 3.18. The predicted molar refractivity (Wildman–Crippen MR) is 92.3 cm³/mol. The molecule has 1 saturated heterocycles. The topological polar surface area (TPSA) is 44.4 Å². The molecule has 0 saturated carbocycles. The summed E-state index contributed by atoms with van der Waals surface area (Å²) in [5, 5.41) is 6.46. The van der Waals surface area contributed by atoms with Crippen LogP contribution in [-0.2, 0) is 4.79 Å². The van der Waals surface area contributed by atoms with Crippen molar-refractivity contribution >= 4 is 11.6 Å². The van der Waals surface area contributed by atoms with Gasteiger partial charge in [0.25, 0.3) is 0 Å². The molecule has 4 nitrogen and oxygen atoms in total. The van der Waals surface area contributed by atoms with E-state index in [1.807, 2.05) is 19.1 Å². The van der Waals surface area contributed by atoms with Crippen LogP contribution >= 0.6 is 0 Å². The van der Waals surface area contributed by atoms with Gasteiger partial charge in [0.1, 0.15) is 0 Å². The maximum Gasteiger partial charge on any atom is 0.238 e.